The van der Waals surface area contributed by atoms with Gasteiger partial charge in [-0.05, 0) is 31.5 Å². The van der Waals surface area contributed by atoms with E-state index in [1.807, 2.05) is 26.0 Å². The summed E-state index contributed by atoms with van der Waals surface area (Å²) in [5, 5.41) is 0. The van der Waals surface area contributed by atoms with Crippen molar-refractivity contribution in [3.8, 4) is 5.75 Å². The number of methoxy groups -OCH3 is 2. The van der Waals surface area contributed by atoms with Crippen molar-refractivity contribution < 1.29 is 14.3 Å². The average molecular weight is 239 g/mol. The van der Waals surface area contributed by atoms with Crippen LogP contribution < -0.4 is 10.2 Å². The van der Waals surface area contributed by atoms with Crippen LogP contribution >= 0.6 is 0 Å². The van der Waals surface area contributed by atoms with Gasteiger partial charge in [0.25, 0.3) is 0 Å². The zero-order valence-electron chi connectivity index (χ0n) is 10.9. The first-order chi connectivity index (χ1) is 8.22. The summed E-state index contributed by atoms with van der Waals surface area (Å²) in [6.45, 7) is 5.18. The summed E-state index contributed by atoms with van der Waals surface area (Å²) in [6, 6.07) is 6.18. The van der Waals surface area contributed by atoms with E-state index in [9.17, 15) is 0 Å². The minimum atomic E-state index is 0.136. The van der Waals surface area contributed by atoms with E-state index in [1.165, 1.54) is 0 Å². The van der Waals surface area contributed by atoms with Crippen molar-refractivity contribution >= 4 is 0 Å². The molecule has 0 heterocycles. The van der Waals surface area contributed by atoms with Gasteiger partial charge in [0.2, 0.25) is 0 Å². The van der Waals surface area contributed by atoms with Crippen LogP contribution in [0.5, 0.6) is 5.75 Å². The highest BCUT2D eigenvalue weighted by Gasteiger charge is 2.09. The number of rotatable bonds is 7. The van der Waals surface area contributed by atoms with Crippen LogP contribution in [0.2, 0.25) is 0 Å². The van der Waals surface area contributed by atoms with E-state index in [0.29, 0.717) is 13.2 Å². The van der Waals surface area contributed by atoms with Gasteiger partial charge in [-0.1, -0.05) is 6.07 Å². The maximum atomic E-state index is 5.28. The maximum Gasteiger partial charge on any atom is 0.124 e. The van der Waals surface area contributed by atoms with E-state index < -0.39 is 0 Å². The fourth-order valence-electron chi connectivity index (χ4n) is 1.61. The van der Waals surface area contributed by atoms with Gasteiger partial charge in [0.1, 0.15) is 5.75 Å². The van der Waals surface area contributed by atoms with Crippen molar-refractivity contribution in [2.45, 2.75) is 26.5 Å². The van der Waals surface area contributed by atoms with Gasteiger partial charge >= 0.3 is 0 Å². The quantitative estimate of drug-likeness (QED) is 0.742. The van der Waals surface area contributed by atoms with Gasteiger partial charge < -0.3 is 14.3 Å². The Kier molecular flexibility index (Phi) is 5.97. The fraction of sp³-hybridized carbons (Fsp3) is 0.538. The molecule has 0 saturated carbocycles. The lowest BCUT2D eigenvalue weighted by Crippen LogP contribution is -2.19. The second kappa shape index (κ2) is 7.27. The number of hydroxylamine groups is 1. The fourth-order valence-corrected chi connectivity index (χ4v) is 1.61. The molecule has 0 saturated heterocycles. The third-order valence-corrected chi connectivity index (χ3v) is 2.51. The molecular formula is C13H21NO3. The lowest BCUT2D eigenvalue weighted by molar-refractivity contribution is 0.0284. The molecule has 0 bridgehead atoms. The number of hydrogen-bond acceptors (Lipinski definition) is 4. The first kappa shape index (κ1) is 14.0. The van der Waals surface area contributed by atoms with Crippen LogP contribution in [0.15, 0.2) is 18.2 Å². The number of hydrogen-bond donors (Lipinski definition) is 1. The summed E-state index contributed by atoms with van der Waals surface area (Å²) >= 11 is 0. The third kappa shape index (κ3) is 4.00. The Morgan fingerprint density at radius 3 is 2.65 bits per heavy atom. The Morgan fingerprint density at radius 1 is 1.29 bits per heavy atom. The van der Waals surface area contributed by atoms with Gasteiger partial charge in [0.15, 0.2) is 0 Å². The largest absolute Gasteiger partial charge is 0.496 e. The molecule has 0 fully saturated rings. The second-order valence-electron chi connectivity index (χ2n) is 3.78. The van der Waals surface area contributed by atoms with Crippen LogP contribution in [0.4, 0.5) is 0 Å². The minimum Gasteiger partial charge on any atom is -0.496 e. The summed E-state index contributed by atoms with van der Waals surface area (Å²) in [4.78, 5) is 5.19. The molecule has 4 heteroatoms. The molecule has 0 aliphatic rings. The van der Waals surface area contributed by atoms with Crippen molar-refractivity contribution in [1.29, 1.82) is 0 Å². The average Bonchev–Trinajstić information content (AvgIpc) is 2.36. The van der Waals surface area contributed by atoms with Crippen LogP contribution in [0, 0.1) is 0 Å². The lowest BCUT2D eigenvalue weighted by Gasteiger charge is -2.16. The third-order valence-electron chi connectivity index (χ3n) is 2.51. The highest BCUT2D eigenvalue weighted by molar-refractivity contribution is 5.37. The van der Waals surface area contributed by atoms with Crippen LogP contribution in [-0.4, -0.2) is 20.8 Å². The Morgan fingerprint density at radius 2 is 2.06 bits per heavy atom. The predicted octanol–water partition coefficient (Wildman–Crippen LogP) is 2.44. The SMILES string of the molecule is CCONC(C)c1ccc(OC)c(COC)c1. The molecule has 1 aromatic carbocycles. The van der Waals surface area contributed by atoms with Crippen molar-refractivity contribution in [1.82, 2.24) is 5.48 Å². The molecule has 1 atom stereocenters. The zero-order valence-corrected chi connectivity index (χ0v) is 10.9. The van der Waals surface area contributed by atoms with E-state index in [2.05, 4.69) is 11.5 Å². The predicted molar refractivity (Wildman–Crippen MR) is 66.9 cm³/mol. The van der Waals surface area contributed by atoms with Gasteiger partial charge in [-0.3, -0.25) is 0 Å². The molecule has 0 aliphatic carbocycles. The lowest BCUT2D eigenvalue weighted by atomic mass is 10.1. The molecule has 96 valence electrons. The van der Waals surface area contributed by atoms with Crippen molar-refractivity contribution in [3.05, 3.63) is 29.3 Å². The highest BCUT2D eigenvalue weighted by Crippen LogP contribution is 2.23. The van der Waals surface area contributed by atoms with Crippen molar-refractivity contribution in [3.63, 3.8) is 0 Å². The van der Waals surface area contributed by atoms with Gasteiger partial charge in [0, 0.05) is 12.7 Å². The first-order valence-corrected chi connectivity index (χ1v) is 5.76. The molecule has 1 aromatic rings. The summed E-state index contributed by atoms with van der Waals surface area (Å²) < 4.78 is 10.4. The van der Waals surface area contributed by atoms with Gasteiger partial charge in [-0.25, -0.2) is 0 Å². The molecular weight excluding hydrogens is 218 g/mol. The molecule has 4 nitrogen and oxygen atoms in total. The molecule has 0 amide bonds. The van der Waals surface area contributed by atoms with Crippen LogP contribution in [0.3, 0.4) is 0 Å². The Bertz CT molecular complexity index is 341. The van der Waals surface area contributed by atoms with Crippen LogP contribution in [0.25, 0.3) is 0 Å². The van der Waals surface area contributed by atoms with Gasteiger partial charge in [-0.15, -0.1) is 0 Å². The number of ether oxygens (including phenoxy) is 2. The first-order valence-electron chi connectivity index (χ1n) is 5.76. The van der Waals surface area contributed by atoms with Gasteiger partial charge in [-0.2, -0.15) is 5.48 Å². The molecule has 1 unspecified atom stereocenters. The number of nitrogens with one attached hydrogen (secondary N) is 1. The standard InChI is InChI=1S/C13H21NO3/c1-5-17-14-10(2)11-6-7-13(16-4)12(8-11)9-15-3/h6-8,10,14H,5,9H2,1-4H3. The van der Waals surface area contributed by atoms with Crippen molar-refractivity contribution in [2.24, 2.45) is 0 Å². The molecule has 0 spiro atoms. The topological polar surface area (TPSA) is 39.7 Å². The summed E-state index contributed by atoms with van der Waals surface area (Å²) in [5.41, 5.74) is 5.16. The molecule has 1 rings (SSSR count). The van der Waals surface area contributed by atoms with E-state index in [0.717, 1.165) is 16.9 Å². The summed E-state index contributed by atoms with van der Waals surface area (Å²) in [5.74, 6) is 0.846. The van der Waals surface area contributed by atoms with Gasteiger partial charge in [0.05, 0.1) is 26.4 Å². The normalized spacial score (nSPS) is 12.5. The van der Waals surface area contributed by atoms with E-state index in [-0.39, 0.29) is 6.04 Å². The second-order valence-corrected chi connectivity index (χ2v) is 3.78. The molecule has 0 radical (unpaired) electrons. The number of benzene rings is 1. The Hall–Kier alpha value is -1.10. The Balaban J connectivity index is 2.83. The van der Waals surface area contributed by atoms with E-state index in [1.54, 1.807) is 14.2 Å². The van der Waals surface area contributed by atoms with E-state index in [4.69, 9.17) is 14.3 Å². The summed E-state index contributed by atoms with van der Waals surface area (Å²) in [6.07, 6.45) is 0. The molecule has 17 heavy (non-hydrogen) atoms. The minimum absolute atomic E-state index is 0.136. The molecule has 1 N–H and O–H groups in total. The highest BCUT2D eigenvalue weighted by atomic mass is 16.6. The maximum absolute atomic E-state index is 5.28. The van der Waals surface area contributed by atoms with Crippen LogP contribution in [-0.2, 0) is 16.2 Å². The van der Waals surface area contributed by atoms with Crippen molar-refractivity contribution in [2.75, 3.05) is 20.8 Å². The van der Waals surface area contributed by atoms with Crippen LogP contribution in [0.1, 0.15) is 31.0 Å². The Labute approximate surface area is 103 Å². The smallest absolute Gasteiger partial charge is 0.124 e. The summed E-state index contributed by atoms with van der Waals surface area (Å²) in [7, 11) is 3.34. The molecule has 0 aromatic heterocycles. The monoisotopic (exact) mass is 239 g/mol. The van der Waals surface area contributed by atoms with E-state index >= 15 is 0 Å². The molecule has 0 aliphatic heterocycles. The zero-order chi connectivity index (χ0) is 12.7.